The molecule has 0 saturated carbocycles. The highest BCUT2D eigenvalue weighted by atomic mass is 16.5. The van der Waals surface area contributed by atoms with Gasteiger partial charge < -0.3 is 4.74 Å². The van der Waals surface area contributed by atoms with Gasteiger partial charge in [-0.1, -0.05) is 48.9 Å². The van der Waals surface area contributed by atoms with Gasteiger partial charge in [0.05, 0.1) is 19.2 Å². The number of anilines is 1. The lowest BCUT2D eigenvalue weighted by Crippen LogP contribution is -2.42. The number of ether oxygens (including phenoxy) is 1. The molecular formula is C23H26N4O2. The van der Waals surface area contributed by atoms with Gasteiger partial charge in [0.2, 0.25) is 11.9 Å². The number of methoxy groups -OCH3 is 1. The van der Waals surface area contributed by atoms with Gasteiger partial charge in [0.1, 0.15) is 12.1 Å². The van der Waals surface area contributed by atoms with Gasteiger partial charge in [0.25, 0.3) is 0 Å². The predicted molar refractivity (Wildman–Crippen MR) is 112 cm³/mol. The zero-order valence-corrected chi connectivity index (χ0v) is 17.1. The molecule has 150 valence electrons. The van der Waals surface area contributed by atoms with Crippen LogP contribution in [0.15, 0.2) is 54.9 Å². The first-order chi connectivity index (χ1) is 14.1. The van der Waals surface area contributed by atoms with E-state index in [2.05, 4.69) is 41.3 Å². The molecule has 1 aliphatic rings. The molecule has 29 heavy (non-hydrogen) atoms. The van der Waals surface area contributed by atoms with Crippen LogP contribution < -0.4 is 9.64 Å². The highest BCUT2D eigenvalue weighted by molar-refractivity contribution is 5.92. The smallest absolute Gasteiger partial charge is 0.231 e. The summed E-state index contributed by atoms with van der Waals surface area (Å²) in [6, 6.07) is 16.4. The SMILES string of the molecule is CCCC(=O)N1c2ncnn2[C@H](c2ccc(C)cc2)C[C@H]1c1ccc(OC)cc1. The highest BCUT2D eigenvalue weighted by Crippen LogP contribution is 2.42. The molecule has 0 fully saturated rings. The largest absolute Gasteiger partial charge is 0.497 e. The van der Waals surface area contributed by atoms with Crippen molar-refractivity contribution in [2.75, 3.05) is 12.0 Å². The summed E-state index contributed by atoms with van der Waals surface area (Å²) in [4.78, 5) is 19.4. The Labute approximate surface area is 171 Å². The van der Waals surface area contributed by atoms with Crippen LogP contribution in [-0.2, 0) is 4.79 Å². The van der Waals surface area contributed by atoms with Gasteiger partial charge in [-0.05, 0) is 43.0 Å². The fourth-order valence-electron chi connectivity index (χ4n) is 3.99. The van der Waals surface area contributed by atoms with Crippen molar-refractivity contribution in [3.63, 3.8) is 0 Å². The molecule has 0 spiro atoms. The number of aryl methyl sites for hydroxylation is 1. The monoisotopic (exact) mass is 390 g/mol. The lowest BCUT2D eigenvalue weighted by Gasteiger charge is -2.39. The number of carbonyl (C=O) groups excluding carboxylic acids is 1. The minimum atomic E-state index is -0.108. The van der Waals surface area contributed by atoms with Gasteiger partial charge in [-0.3, -0.25) is 9.69 Å². The van der Waals surface area contributed by atoms with Crippen molar-refractivity contribution in [3.8, 4) is 5.75 Å². The second kappa shape index (κ2) is 8.07. The first-order valence-electron chi connectivity index (χ1n) is 10.0. The fourth-order valence-corrected chi connectivity index (χ4v) is 3.99. The highest BCUT2D eigenvalue weighted by Gasteiger charge is 2.38. The van der Waals surface area contributed by atoms with Crippen molar-refractivity contribution in [2.45, 2.75) is 45.2 Å². The molecule has 1 amide bonds. The Hall–Kier alpha value is -3.15. The molecule has 6 heteroatoms. The van der Waals surface area contributed by atoms with Crippen LogP contribution in [0.4, 0.5) is 5.95 Å². The van der Waals surface area contributed by atoms with Crippen LogP contribution in [0.5, 0.6) is 5.75 Å². The maximum Gasteiger partial charge on any atom is 0.231 e. The molecule has 4 rings (SSSR count). The molecule has 2 heterocycles. The Bertz CT molecular complexity index is 979. The number of amides is 1. The van der Waals surface area contributed by atoms with Crippen LogP contribution in [0, 0.1) is 6.92 Å². The van der Waals surface area contributed by atoms with Gasteiger partial charge >= 0.3 is 0 Å². The molecule has 2 atom stereocenters. The van der Waals surface area contributed by atoms with Crippen LogP contribution in [0.1, 0.15) is 55.0 Å². The second-order valence-corrected chi connectivity index (χ2v) is 7.47. The number of aromatic nitrogens is 3. The van der Waals surface area contributed by atoms with Crippen LogP contribution >= 0.6 is 0 Å². The maximum absolute atomic E-state index is 13.1. The first kappa shape index (κ1) is 19.2. The summed E-state index contributed by atoms with van der Waals surface area (Å²) in [5.74, 6) is 1.49. The predicted octanol–water partition coefficient (Wildman–Crippen LogP) is 4.46. The minimum absolute atomic E-state index is 0.0193. The molecule has 3 aromatic rings. The average molecular weight is 390 g/mol. The van der Waals surface area contributed by atoms with E-state index in [1.165, 1.54) is 11.1 Å². The number of carbonyl (C=O) groups is 1. The number of hydrogen-bond donors (Lipinski definition) is 0. The van der Waals surface area contributed by atoms with Gasteiger partial charge in [-0.2, -0.15) is 10.1 Å². The molecule has 0 bridgehead atoms. The van der Waals surface area contributed by atoms with E-state index in [-0.39, 0.29) is 18.0 Å². The molecular weight excluding hydrogens is 364 g/mol. The van der Waals surface area contributed by atoms with E-state index < -0.39 is 0 Å². The third-order valence-electron chi connectivity index (χ3n) is 5.52. The molecule has 6 nitrogen and oxygen atoms in total. The van der Waals surface area contributed by atoms with Crippen molar-refractivity contribution in [3.05, 3.63) is 71.5 Å². The zero-order chi connectivity index (χ0) is 20.4. The lowest BCUT2D eigenvalue weighted by molar-refractivity contribution is -0.119. The summed E-state index contributed by atoms with van der Waals surface area (Å²) in [7, 11) is 1.66. The van der Waals surface area contributed by atoms with Crippen molar-refractivity contribution in [2.24, 2.45) is 0 Å². The number of benzene rings is 2. The summed E-state index contributed by atoms with van der Waals surface area (Å²) in [6.45, 7) is 4.10. The van der Waals surface area contributed by atoms with Crippen molar-refractivity contribution < 1.29 is 9.53 Å². The Morgan fingerprint density at radius 3 is 2.38 bits per heavy atom. The van der Waals surface area contributed by atoms with E-state index in [9.17, 15) is 4.79 Å². The van der Waals surface area contributed by atoms with Crippen LogP contribution in [-0.4, -0.2) is 27.8 Å². The quantitative estimate of drug-likeness (QED) is 0.645. The Morgan fingerprint density at radius 1 is 1.07 bits per heavy atom. The minimum Gasteiger partial charge on any atom is -0.497 e. The molecule has 1 aliphatic heterocycles. The molecule has 2 aromatic carbocycles. The van der Waals surface area contributed by atoms with E-state index in [1.807, 2.05) is 40.8 Å². The summed E-state index contributed by atoms with van der Waals surface area (Å²) in [5.41, 5.74) is 3.46. The van der Waals surface area contributed by atoms with Gasteiger partial charge in [-0.15, -0.1) is 0 Å². The summed E-state index contributed by atoms with van der Waals surface area (Å²) >= 11 is 0. The number of fused-ring (bicyclic) bond motifs is 1. The molecule has 0 aliphatic carbocycles. The number of nitrogens with zero attached hydrogens (tertiary/aromatic N) is 4. The van der Waals surface area contributed by atoms with Gasteiger partial charge in [0.15, 0.2) is 0 Å². The molecule has 0 unspecified atom stereocenters. The van der Waals surface area contributed by atoms with E-state index in [0.717, 1.165) is 24.2 Å². The van der Waals surface area contributed by atoms with Crippen molar-refractivity contribution >= 4 is 11.9 Å². The van der Waals surface area contributed by atoms with Crippen LogP contribution in [0.3, 0.4) is 0 Å². The van der Waals surface area contributed by atoms with E-state index in [1.54, 1.807) is 13.4 Å². The molecule has 1 aromatic heterocycles. The number of hydrogen-bond acceptors (Lipinski definition) is 4. The summed E-state index contributed by atoms with van der Waals surface area (Å²) in [5, 5.41) is 4.48. The topological polar surface area (TPSA) is 60.2 Å². The normalized spacial score (nSPS) is 18.4. The Morgan fingerprint density at radius 2 is 1.72 bits per heavy atom. The summed E-state index contributed by atoms with van der Waals surface area (Å²) < 4.78 is 7.20. The van der Waals surface area contributed by atoms with E-state index >= 15 is 0 Å². The van der Waals surface area contributed by atoms with E-state index in [0.29, 0.717) is 12.4 Å². The fraction of sp³-hybridized carbons (Fsp3) is 0.348. The van der Waals surface area contributed by atoms with Crippen LogP contribution in [0.25, 0.3) is 0 Å². The standard InChI is InChI=1S/C23H26N4O2/c1-4-5-22(28)26-20(17-10-12-19(29-3)13-11-17)14-21(27-23(26)24-15-25-27)18-8-6-16(2)7-9-18/h6-13,15,20-21H,4-5,14H2,1-3H3/t20-,21-/m0/s1. The number of rotatable bonds is 5. The van der Waals surface area contributed by atoms with Crippen molar-refractivity contribution in [1.82, 2.24) is 14.8 Å². The third-order valence-corrected chi connectivity index (χ3v) is 5.52. The van der Waals surface area contributed by atoms with Crippen LogP contribution in [0.2, 0.25) is 0 Å². The van der Waals surface area contributed by atoms with E-state index in [4.69, 9.17) is 4.74 Å². The second-order valence-electron chi connectivity index (χ2n) is 7.47. The Kier molecular flexibility index (Phi) is 5.34. The zero-order valence-electron chi connectivity index (χ0n) is 17.1. The first-order valence-corrected chi connectivity index (χ1v) is 10.0. The van der Waals surface area contributed by atoms with Gasteiger partial charge in [0, 0.05) is 6.42 Å². The maximum atomic E-state index is 13.1. The molecule has 0 saturated heterocycles. The summed E-state index contributed by atoms with van der Waals surface area (Å²) in [6.07, 6.45) is 3.55. The average Bonchev–Trinajstić information content (AvgIpc) is 3.23. The van der Waals surface area contributed by atoms with Crippen molar-refractivity contribution in [1.29, 1.82) is 0 Å². The lowest BCUT2D eigenvalue weighted by atomic mass is 9.91. The Balaban J connectivity index is 1.80. The molecule has 0 radical (unpaired) electrons. The van der Waals surface area contributed by atoms with Gasteiger partial charge in [-0.25, -0.2) is 4.68 Å². The third kappa shape index (κ3) is 3.62. The molecule has 0 N–H and O–H groups in total.